The van der Waals surface area contributed by atoms with E-state index in [9.17, 15) is 0 Å². The molecule has 1 heterocycles. The molecule has 2 saturated carbocycles. The summed E-state index contributed by atoms with van der Waals surface area (Å²) in [7, 11) is 0.0590. The quantitative estimate of drug-likeness (QED) is 0.299. The van der Waals surface area contributed by atoms with Crippen molar-refractivity contribution in [2.45, 2.75) is 95.0 Å². The van der Waals surface area contributed by atoms with Gasteiger partial charge in [0.2, 0.25) is 0 Å². The van der Waals surface area contributed by atoms with E-state index in [0.717, 1.165) is 17.7 Å². The van der Waals surface area contributed by atoms with Gasteiger partial charge in [0, 0.05) is 10.8 Å². The van der Waals surface area contributed by atoms with Gasteiger partial charge in [0.1, 0.15) is 0 Å². The maximum absolute atomic E-state index is 5.30. The molecular weight excluding hydrogens is 381 g/mol. The molecule has 0 unspecified atom stereocenters. The lowest BCUT2D eigenvalue weighted by molar-refractivity contribution is 0.484. The monoisotopic (exact) mass is 417 g/mol. The molecule has 2 fully saturated rings. The van der Waals surface area contributed by atoms with Crippen molar-refractivity contribution in [3.8, 4) is 0 Å². The van der Waals surface area contributed by atoms with E-state index < -0.39 is 0 Å². The summed E-state index contributed by atoms with van der Waals surface area (Å²) < 4.78 is 0. The summed E-state index contributed by atoms with van der Waals surface area (Å²) in [6.07, 6.45) is 17.1. The Labute approximate surface area is 183 Å². The number of hydrogen-bond acceptors (Lipinski definition) is 1. The number of benzene rings is 2. The van der Waals surface area contributed by atoms with Gasteiger partial charge in [0.25, 0.3) is 0 Å². The fourth-order valence-electron chi connectivity index (χ4n) is 6.00. The number of aryl methyl sites for hydroxylation is 1. The third-order valence-electron chi connectivity index (χ3n) is 7.66. The summed E-state index contributed by atoms with van der Waals surface area (Å²) in [6, 6.07) is 16.0. The molecule has 0 bridgehead atoms. The van der Waals surface area contributed by atoms with Crippen molar-refractivity contribution in [1.82, 2.24) is 4.98 Å². The molecule has 3 aromatic rings. The van der Waals surface area contributed by atoms with Crippen LogP contribution in [0.2, 0.25) is 0 Å². The number of fused-ring (bicyclic) bond motifs is 2. The van der Waals surface area contributed by atoms with Gasteiger partial charge in [-0.15, -0.1) is 0 Å². The Hall–Kier alpha value is -1.46. The van der Waals surface area contributed by atoms with E-state index in [2.05, 4.69) is 49.4 Å². The van der Waals surface area contributed by atoms with E-state index in [4.69, 9.17) is 4.98 Å². The number of aromatic nitrogens is 1. The van der Waals surface area contributed by atoms with Crippen LogP contribution >= 0.6 is 7.92 Å². The summed E-state index contributed by atoms with van der Waals surface area (Å²) in [6.45, 7) is 2.25. The Balaban J connectivity index is 1.55. The highest BCUT2D eigenvalue weighted by Gasteiger charge is 2.31. The van der Waals surface area contributed by atoms with Crippen molar-refractivity contribution < 1.29 is 0 Å². The van der Waals surface area contributed by atoms with Crippen molar-refractivity contribution >= 4 is 29.7 Å². The van der Waals surface area contributed by atoms with E-state index in [1.807, 2.05) is 0 Å². The number of hydrogen-bond donors (Lipinski definition) is 0. The van der Waals surface area contributed by atoms with Crippen molar-refractivity contribution in [2.24, 2.45) is 0 Å². The maximum atomic E-state index is 5.30. The van der Waals surface area contributed by atoms with Gasteiger partial charge in [-0.25, -0.2) is 4.98 Å². The second-order valence-corrected chi connectivity index (χ2v) is 12.4. The van der Waals surface area contributed by atoms with Gasteiger partial charge in [-0.3, -0.25) is 0 Å². The zero-order chi connectivity index (χ0) is 20.3. The molecule has 1 aromatic heterocycles. The minimum Gasteiger partial charge on any atom is -0.247 e. The highest BCUT2D eigenvalue weighted by molar-refractivity contribution is 7.58. The summed E-state index contributed by atoms with van der Waals surface area (Å²) in [4.78, 5) is 5.30. The molecule has 0 saturated heterocycles. The molecular formula is C28H36NP. The molecule has 0 radical (unpaired) electrons. The predicted molar refractivity (Wildman–Crippen MR) is 133 cm³/mol. The minimum absolute atomic E-state index is 0.0590. The van der Waals surface area contributed by atoms with Crippen molar-refractivity contribution in [2.75, 3.05) is 0 Å². The zero-order valence-electron chi connectivity index (χ0n) is 18.6. The van der Waals surface area contributed by atoms with Gasteiger partial charge in [-0.2, -0.15) is 0 Å². The summed E-state index contributed by atoms with van der Waals surface area (Å²) in [5.74, 6) is 0. The largest absolute Gasteiger partial charge is 0.247 e. The fourth-order valence-corrected chi connectivity index (χ4v) is 9.82. The second-order valence-electron chi connectivity index (χ2n) is 9.58. The Morgan fingerprint density at radius 2 is 1.27 bits per heavy atom. The second kappa shape index (κ2) is 9.35. The number of rotatable bonds is 5. The van der Waals surface area contributed by atoms with Crippen molar-refractivity contribution in [3.05, 3.63) is 53.6 Å². The van der Waals surface area contributed by atoms with E-state index in [1.54, 1.807) is 0 Å². The lowest BCUT2D eigenvalue weighted by Gasteiger charge is -2.38. The molecule has 1 nitrogen and oxygen atoms in total. The van der Waals surface area contributed by atoms with Crippen molar-refractivity contribution in [3.63, 3.8) is 0 Å². The van der Waals surface area contributed by atoms with E-state index in [-0.39, 0.29) is 7.92 Å². The Kier molecular flexibility index (Phi) is 6.37. The van der Waals surface area contributed by atoms with Crippen LogP contribution in [-0.2, 0) is 12.6 Å². The first kappa shape index (κ1) is 20.4. The number of pyridine rings is 1. The molecule has 0 amide bonds. The molecule has 2 aliphatic carbocycles. The predicted octanol–water partition coefficient (Wildman–Crippen LogP) is 8.60. The topological polar surface area (TPSA) is 12.9 Å². The standard InChI is InChI=1S/C28H36NP/c1-2-21-11-9-12-22-19-23-13-10-14-24(28(23)29-27(21)22)20-30(25-15-5-3-6-16-25)26-17-7-4-8-18-26/h9-14,19,25-26H,2-8,15-18,20H2,1H3. The highest BCUT2D eigenvalue weighted by atomic mass is 31.1. The summed E-state index contributed by atoms with van der Waals surface area (Å²) in [5, 5.41) is 2.62. The summed E-state index contributed by atoms with van der Waals surface area (Å²) >= 11 is 0. The maximum Gasteiger partial charge on any atom is 0.0745 e. The van der Waals surface area contributed by atoms with Gasteiger partial charge in [0.05, 0.1) is 11.0 Å². The van der Waals surface area contributed by atoms with Gasteiger partial charge in [0.15, 0.2) is 0 Å². The van der Waals surface area contributed by atoms with Crippen LogP contribution in [0.4, 0.5) is 0 Å². The third kappa shape index (κ3) is 4.16. The van der Waals surface area contributed by atoms with Gasteiger partial charge < -0.3 is 0 Å². The molecule has 0 atom stereocenters. The zero-order valence-corrected chi connectivity index (χ0v) is 19.5. The van der Waals surface area contributed by atoms with Crippen LogP contribution in [0.1, 0.15) is 82.3 Å². The molecule has 5 rings (SSSR count). The first-order valence-electron chi connectivity index (χ1n) is 12.4. The lowest BCUT2D eigenvalue weighted by Crippen LogP contribution is -2.21. The first-order valence-corrected chi connectivity index (χ1v) is 14.1. The third-order valence-corrected chi connectivity index (χ3v) is 11.3. The average molecular weight is 418 g/mol. The molecule has 2 aromatic carbocycles. The molecule has 0 aliphatic heterocycles. The van der Waals surface area contributed by atoms with Gasteiger partial charge in [-0.1, -0.05) is 89.8 Å². The lowest BCUT2D eigenvalue weighted by atomic mass is 9.99. The van der Waals surface area contributed by atoms with Gasteiger partial charge >= 0.3 is 0 Å². The van der Waals surface area contributed by atoms with Crippen LogP contribution < -0.4 is 0 Å². The highest BCUT2D eigenvalue weighted by Crippen LogP contribution is 2.58. The molecule has 158 valence electrons. The normalized spacial score (nSPS) is 19.1. The molecule has 0 N–H and O–H groups in total. The van der Waals surface area contributed by atoms with Crippen molar-refractivity contribution in [1.29, 1.82) is 0 Å². The summed E-state index contributed by atoms with van der Waals surface area (Å²) in [5.41, 5.74) is 7.41. The fraction of sp³-hybridized carbons (Fsp3) is 0.536. The van der Waals surface area contributed by atoms with Crippen LogP contribution in [0.3, 0.4) is 0 Å². The Bertz CT molecular complexity index is 980. The molecule has 2 heteroatoms. The van der Waals surface area contributed by atoms with E-state index in [0.29, 0.717) is 0 Å². The first-order chi connectivity index (χ1) is 14.8. The van der Waals surface area contributed by atoms with Crippen LogP contribution in [0.5, 0.6) is 0 Å². The smallest absolute Gasteiger partial charge is 0.0745 e. The average Bonchev–Trinajstić information content (AvgIpc) is 2.82. The number of para-hydroxylation sites is 2. The molecule has 0 spiro atoms. The minimum atomic E-state index is 0.0590. The van der Waals surface area contributed by atoms with Gasteiger partial charge in [-0.05, 0) is 66.8 Å². The number of nitrogens with zero attached hydrogens (tertiary/aromatic N) is 1. The Morgan fingerprint density at radius 3 is 1.83 bits per heavy atom. The molecule has 30 heavy (non-hydrogen) atoms. The van der Waals surface area contributed by atoms with E-state index in [1.165, 1.54) is 103 Å². The van der Waals surface area contributed by atoms with Crippen LogP contribution in [0, 0.1) is 0 Å². The van der Waals surface area contributed by atoms with Crippen LogP contribution in [0.25, 0.3) is 21.8 Å². The van der Waals surface area contributed by atoms with Crippen LogP contribution in [-0.4, -0.2) is 16.3 Å². The van der Waals surface area contributed by atoms with E-state index >= 15 is 0 Å². The molecule has 2 aliphatic rings. The SMILES string of the molecule is CCc1cccc2cc3cccc(CP(C4CCCCC4)C4CCCCC4)c3nc12. The van der Waals surface area contributed by atoms with Crippen LogP contribution in [0.15, 0.2) is 42.5 Å². The Morgan fingerprint density at radius 1 is 0.733 bits per heavy atom.